The Bertz CT molecular complexity index is 326. The molecule has 0 aliphatic rings. The topological polar surface area (TPSA) is 34.1 Å². The van der Waals surface area contributed by atoms with Crippen LogP contribution in [-0.4, -0.2) is 24.7 Å². The van der Waals surface area contributed by atoms with Crippen LogP contribution >= 0.6 is 0 Å². The molecule has 0 fully saturated rings. The zero-order chi connectivity index (χ0) is 12.7. The molecule has 17 heavy (non-hydrogen) atoms. The lowest BCUT2D eigenvalue weighted by Crippen LogP contribution is -2.36. The van der Waals surface area contributed by atoms with Crippen LogP contribution in [0.15, 0.2) is 18.2 Å². The van der Waals surface area contributed by atoms with E-state index in [1.807, 2.05) is 12.1 Å². The van der Waals surface area contributed by atoms with E-state index in [0.717, 1.165) is 25.1 Å². The van der Waals surface area contributed by atoms with Crippen LogP contribution in [0.25, 0.3) is 0 Å². The van der Waals surface area contributed by atoms with Gasteiger partial charge in [0.15, 0.2) is 0 Å². The molecule has 0 spiro atoms. The van der Waals surface area contributed by atoms with Crippen molar-refractivity contribution in [2.75, 3.05) is 13.7 Å². The SMILES string of the molecule is CCCNC(Cc1cccc(OC)n1)C(C)C. The number of methoxy groups -OCH3 is 1. The molecule has 1 aromatic heterocycles. The number of hydrogen-bond donors (Lipinski definition) is 1. The summed E-state index contributed by atoms with van der Waals surface area (Å²) in [6, 6.07) is 6.42. The summed E-state index contributed by atoms with van der Waals surface area (Å²) in [6.07, 6.45) is 2.11. The largest absolute Gasteiger partial charge is 0.481 e. The number of rotatable bonds is 7. The summed E-state index contributed by atoms with van der Waals surface area (Å²) in [7, 11) is 1.65. The second kappa shape index (κ2) is 7.28. The minimum absolute atomic E-state index is 0.481. The van der Waals surface area contributed by atoms with E-state index in [1.165, 1.54) is 0 Å². The van der Waals surface area contributed by atoms with E-state index < -0.39 is 0 Å². The van der Waals surface area contributed by atoms with E-state index in [4.69, 9.17) is 4.74 Å². The second-order valence-corrected chi connectivity index (χ2v) is 4.68. The van der Waals surface area contributed by atoms with Crippen molar-refractivity contribution < 1.29 is 4.74 Å². The van der Waals surface area contributed by atoms with Gasteiger partial charge in [0.2, 0.25) is 5.88 Å². The fraction of sp³-hybridized carbons (Fsp3) is 0.643. The average molecular weight is 236 g/mol. The van der Waals surface area contributed by atoms with Crippen LogP contribution in [-0.2, 0) is 6.42 Å². The molecular weight excluding hydrogens is 212 g/mol. The van der Waals surface area contributed by atoms with Crippen LogP contribution in [0, 0.1) is 5.92 Å². The number of pyridine rings is 1. The molecule has 1 aromatic rings. The van der Waals surface area contributed by atoms with Crippen LogP contribution in [0.1, 0.15) is 32.9 Å². The summed E-state index contributed by atoms with van der Waals surface area (Å²) < 4.78 is 5.15. The van der Waals surface area contributed by atoms with Crippen molar-refractivity contribution in [3.05, 3.63) is 23.9 Å². The van der Waals surface area contributed by atoms with E-state index in [1.54, 1.807) is 7.11 Å². The third-order valence-electron chi connectivity index (χ3n) is 2.88. The van der Waals surface area contributed by atoms with Gasteiger partial charge in [-0.3, -0.25) is 0 Å². The number of ether oxygens (including phenoxy) is 1. The highest BCUT2D eigenvalue weighted by Crippen LogP contribution is 2.12. The molecular formula is C14H24N2O. The molecule has 3 heteroatoms. The van der Waals surface area contributed by atoms with Crippen LogP contribution < -0.4 is 10.1 Å². The fourth-order valence-electron chi connectivity index (χ4n) is 1.78. The lowest BCUT2D eigenvalue weighted by molar-refractivity contribution is 0.381. The summed E-state index contributed by atoms with van der Waals surface area (Å²) >= 11 is 0. The maximum absolute atomic E-state index is 5.15. The number of nitrogens with one attached hydrogen (secondary N) is 1. The molecule has 1 rings (SSSR count). The average Bonchev–Trinajstić information content (AvgIpc) is 2.34. The first-order valence-corrected chi connectivity index (χ1v) is 6.40. The third kappa shape index (κ3) is 4.73. The Morgan fingerprint density at radius 1 is 1.35 bits per heavy atom. The Morgan fingerprint density at radius 3 is 2.71 bits per heavy atom. The van der Waals surface area contributed by atoms with E-state index >= 15 is 0 Å². The van der Waals surface area contributed by atoms with Gasteiger partial charge in [-0.15, -0.1) is 0 Å². The molecule has 0 amide bonds. The Hall–Kier alpha value is -1.09. The summed E-state index contributed by atoms with van der Waals surface area (Å²) in [5.41, 5.74) is 1.09. The molecule has 1 unspecified atom stereocenters. The summed E-state index contributed by atoms with van der Waals surface area (Å²) in [5, 5.41) is 3.57. The first-order valence-electron chi connectivity index (χ1n) is 6.40. The summed E-state index contributed by atoms with van der Waals surface area (Å²) in [4.78, 5) is 4.46. The zero-order valence-corrected chi connectivity index (χ0v) is 11.4. The molecule has 0 saturated heterocycles. The van der Waals surface area contributed by atoms with Crippen LogP contribution in [0.3, 0.4) is 0 Å². The Labute approximate surface area is 105 Å². The highest BCUT2D eigenvalue weighted by atomic mass is 16.5. The monoisotopic (exact) mass is 236 g/mol. The van der Waals surface area contributed by atoms with Crippen molar-refractivity contribution >= 4 is 0 Å². The van der Waals surface area contributed by atoms with Gasteiger partial charge in [-0.25, -0.2) is 4.98 Å². The van der Waals surface area contributed by atoms with Gasteiger partial charge in [-0.2, -0.15) is 0 Å². The van der Waals surface area contributed by atoms with Gasteiger partial charge in [0.25, 0.3) is 0 Å². The third-order valence-corrected chi connectivity index (χ3v) is 2.88. The van der Waals surface area contributed by atoms with E-state index in [2.05, 4.69) is 37.1 Å². The molecule has 0 aliphatic heterocycles. The van der Waals surface area contributed by atoms with E-state index in [9.17, 15) is 0 Å². The van der Waals surface area contributed by atoms with Crippen LogP contribution in [0.4, 0.5) is 0 Å². The lowest BCUT2D eigenvalue weighted by atomic mass is 9.99. The van der Waals surface area contributed by atoms with Crippen molar-refractivity contribution in [1.82, 2.24) is 10.3 Å². The van der Waals surface area contributed by atoms with E-state index in [0.29, 0.717) is 17.8 Å². The van der Waals surface area contributed by atoms with Crippen molar-refractivity contribution in [2.45, 2.75) is 39.7 Å². The highest BCUT2D eigenvalue weighted by molar-refractivity contribution is 5.16. The second-order valence-electron chi connectivity index (χ2n) is 4.68. The van der Waals surface area contributed by atoms with Gasteiger partial charge in [-0.05, 0) is 24.9 Å². The van der Waals surface area contributed by atoms with Crippen molar-refractivity contribution in [1.29, 1.82) is 0 Å². The molecule has 96 valence electrons. The minimum atomic E-state index is 0.481. The first kappa shape index (κ1) is 14.0. The van der Waals surface area contributed by atoms with Gasteiger partial charge < -0.3 is 10.1 Å². The Kier molecular flexibility index (Phi) is 5.98. The van der Waals surface area contributed by atoms with Gasteiger partial charge in [-0.1, -0.05) is 26.8 Å². The lowest BCUT2D eigenvalue weighted by Gasteiger charge is -2.22. The normalized spacial score (nSPS) is 12.8. The summed E-state index contributed by atoms with van der Waals surface area (Å²) in [5.74, 6) is 1.30. The zero-order valence-electron chi connectivity index (χ0n) is 11.4. The minimum Gasteiger partial charge on any atom is -0.481 e. The van der Waals surface area contributed by atoms with Gasteiger partial charge in [0.05, 0.1) is 7.11 Å². The maximum Gasteiger partial charge on any atom is 0.213 e. The van der Waals surface area contributed by atoms with Gasteiger partial charge in [0, 0.05) is 24.2 Å². The molecule has 0 bridgehead atoms. The molecule has 1 heterocycles. The quantitative estimate of drug-likeness (QED) is 0.790. The molecule has 0 aliphatic carbocycles. The molecule has 0 radical (unpaired) electrons. The highest BCUT2D eigenvalue weighted by Gasteiger charge is 2.13. The molecule has 0 aromatic carbocycles. The van der Waals surface area contributed by atoms with Crippen molar-refractivity contribution in [2.24, 2.45) is 5.92 Å². The fourth-order valence-corrected chi connectivity index (χ4v) is 1.78. The Balaban J connectivity index is 2.64. The predicted molar refractivity (Wildman–Crippen MR) is 71.4 cm³/mol. The standard InChI is InChI=1S/C14H24N2O/c1-5-9-15-13(11(2)3)10-12-7-6-8-14(16-12)17-4/h6-8,11,13,15H,5,9-10H2,1-4H3. The molecule has 1 atom stereocenters. The number of hydrogen-bond acceptors (Lipinski definition) is 3. The molecule has 3 nitrogen and oxygen atoms in total. The maximum atomic E-state index is 5.15. The Morgan fingerprint density at radius 2 is 2.12 bits per heavy atom. The predicted octanol–water partition coefficient (Wildman–Crippen LogP) is 2.66. The first-order chi connectivity index (χ1) is 8.17. The van der Waals surface area contributed by atoms with Crippen molar-refractivity contribution in [3.63, 3.8) is 0 Å². The van der Waals surface area contributed by atoms with Crippen LogP contribution in [0.2, 0.25) is 0 Å². The van der Waals surface area contributed by atoms with Gasteiger partial charge >= 0.3 is 0 Å². The van der Waals surface area contributed by atoms with Gasteiger partial charge in [0.1, 0.15) is 0 Å². The summed E-state index contributed by atoms with van der Waals surface area (Å²) in [6.45, 7) is 7.74. The molecule has 0 saturated carbocycles. The number of aromatic nitrogens is 1. The number of nitrogens with zero attached hydrogens (tertiary/aromatic N) is 1. The smallest absolute Gasteiger partial charge is 0.213 e. The molecule has 1 N–H and O–H groups in total. The van der Waals surface area contributed by atoms with E-state index in [-0.39, 0.29) is 0 Å². The van der Waals surface area contributed by atoms with Crippen LogP contribution in [0.5, 0.6) is 5.88 Å². The van der Waals surface area contributed by atoms with Crippen molar-refractivity contribution in [3.8, 4) is 5.88 Å².